The van der Waals surface area contributed by atoms with Gasteiger partial charge in [-0.05, 0) is 30.5 Å². The van der Waals surface area contributed by atoms with Gasteiger partial charge < -0.3 is 4.74 Å². The van der Waals surface area contributed by atoms with Gasteiger partial charge in [-0.25, -0.2) is 8.42 Å². The number of hydrogen-bond acceptors (Lipinski definition) is 3. The standard InChI is InChI=1S/C10H12Cl2O3S/c1-6-4-8(5-16(12,13)14)7(2)9(11)10(6)15-3/h4H,5H2,1-3H3. The van der Waals surface area contributed by atoms with Gasteiger partial charge >= 0.3 is 0 Å². The zero-order valence-electron chi connectivity index (χ0n) is 9.17. The van der Waals surface area contributed by atoms with Crippen molar-refractivity contribution in [2.75, 3.05) is 7.11 Å². The fourth-order valence-electron chi connectivity index (χ4n) is 1.51. The molecule has 1 rings (SSSR count). The minimum absolute atomic E-state index is 0.231. The highest BCUT2D eigenvalue weighted by Crippen LogP contribution is 2.34. The molecule has 1 aromatic rings. The molecule has 0 aliphatic carbocycles. The van der Waals surface area contributed by atoms with Crippen molar-refractivity contribution in [1.82, 2.24) is 0 Å². The van der Waals surface area contributed by atoms with Crippen LogP contribution < -0.4 is 4.74 Å². The summed E-state index contributed by atoms with van der Waals surface area (Å²) in [6.07, 6.45) is 0. The Labute approximate surface area is 105 Å². The van der Waals surface area contributed by atoms with Crippen LogP contribution in [0.4, 0.5) is 0 Å². The Hall–Kier alpha value is -0.450. The van der Waals surface area contributed by atoms with Crippen molar-refractivity contribution in [1.29, 1.82) is 0 Å². The van der Waals surface area contributed by atoms with E-state index in [0.29, 0.717) is 21.9 Å². The van der Waals surface area contributed by atoms with Crippen LogP contribution in [0.3, 0.4) is 0 Å². The summed E-state index contributed by atoms with van der Waals surface area (Å²) in [5.74, 6) is 0.334. The predicted octanol–water partition coefficient (Wildman–Crippen LogP) is 3.03. The lowest BCUT2D eigenvalue weighted by Crippen LogP contribution is -2.01. The number of benzene rings is 1. The van der Waals surface area contributed by atoms with Gasteiger partial charge in [-0.1, -0.05) is 17.7 Å². The highest BCUT2D eigenvalue weighted by atomic mass is 35.7. The zero-order valence-corrected chi connectivity index (χ0v) is 11.5. The number of halogens is 2. The van der Waals surface area contributed by atoms with Gasteiger partial charge in [0.15, 0.2) is 0 Å². The Balaban J connectivity index is 3.34. The smallest absolute Gasteiger partial charge is 0.236 e. The molecule has 0 fully saturated rings. The van der Waals surface area contributed by atoms with E-state index in [1.54, 1.807) is 19.9 Å². The lowest BCUT2D eigenvalue weighted by molar-refractivity contribution is 0.411. The van der Waals surface area contributed by atoms with E-state index in [0.717, 1.165) is 5.56 Å². The second kappa shape index (κ2) is 4.82. The third kappa shape index (κ3) is 3.03. The maximum atomic E-state index is 11.0. The number of ether oxygens (including phenoxy) is 1. The molecule has 0 amide bonds. The van der Waals surface area contributed by atoms with Crippen LogP contribution in [-0.4, -0.2) is 15.5 Å². The summed E-state index contributed by atoms with van der Waals surface area (Å²) in [7, 11) is 3.16. The quantitative estimate of drug-likeness (QED) is 0.801. The minimum Gasteiger partial charge on any atom is -0.495 e. The zero-order chi connectivity index (χ0) is 12.5. The molecule has 0 aliphatic heterocycles. The first kappa shape index (κ1) is 13.6. The molecule has 16 heavy (non-hydrogen) atoms. The van der Waals surface area contributed by atoms with Crippen molar-refractivity contribution in [2.24, 2.45) is 0 Å². The summed E-state index contributed by atoms with van der Waals surface area (Å²) in [4.78, 5) is 0. The number of hydrogen-bond donors (Lipinski definition) is 0. The van der Waals surface area contributed by atoms with Crippen molar-refractivity contribution in [3.05, 3.63) is 27.8 Å². The van der Waals surface area contributed by atoms with E-state index in [1.165, 1.54) is 7.11 Å². The second-order valence-electron chi connectivity index (χ2n) is 3.51. The van der Waals surface area contributed by atoms with Gasteiger partial charge in [0.05, 0.1) is 17.9 Å². The van der Waals surface area contributed by atoms with E-state index in [1.807, 2.05) is 0 Å². The number of aryl methyl sites for hydroxylation is 1. The van der Waals surface area contributed by atoms with E-state index in [4.69, 9.17) is 27.0 Å². The highest BCUT2D eigenvalue weighted by Gasteiger charge is 2.16. The van der Waals surface area contributed by atoms with Crippen molar-refractivity contribution < 1.29 is 13.2 Å². The summed E-state index contributed by atoms with van der Waals surface area (Å²) in [5.41, 5.74) is 2.06. The minimum atomic E-state index is -3.58. The first-order valence-corrected chi connectivity index (χ1v) is 7.36. The third-order valence-electron chi connectivity index (χ3n) is 2.29. The molecule has 0 heterocycles. The fraction of sp³-hybridized carbons (Fsp3) is 0.400. The average Bonchev–Trinajstić information content (AvgIpc) is 2.12. The lowest BCUT2D eigenvalue weighted by atomic mass is 10.1. The van der Waals surface area contributed by atoms with Crippen LogP contribution >= 0.6 is 22.3 Å². The molecule has 0 aromatic heterocycles. The fourth-order valence-corrected chi connectivity index (χ4v) is 2.88. The largest absolute Gasteiger partial charge is 0.495 e. The molecule has 90 valence electrons. The molecule has 0 aliphatic rings. The molecule has 6 heteroatoms. The Morgan fingerprint density at radius 2 is 1.94 bits per heavy atom. The molecule has 0 saturated carbocycles. The van der Waals surface area contributed by atoms with Gasteiger partial charge in [-0.2, -0.15) is 0 Å². The van der Waals surface area contributed by atoms with Gasteiger partial charge in [-0.15, -0.1) is 0 Å². The SMILES string of the molecule is COc1c(C)cc(CS(=O)(=O)Cl)c(C)c1Cl. The third-order valence-corrected chi connectivity index (χ3v) is 3.73. The number of methoxy groups -OCH3 is 1. The molecule has 0 N–H and O–H groups in total. The molecule has 0 bridgehead atoms. The van der Waals surface area contributed by atoms with Crippen molar-refractivity contribution in [2.45, 2.75) is 19.6 Å². The van der Waals surface area contributed by atoms with Gasteiger partial charge in [0.1, 0.15) is 5.75 Å². The van der Waals surface area contributed by atoms with E-state index in [-0.39, 0.29) is 5.75 Å². The molecular formula is C10H12Cl2O3S. The van der Waals surface area contributed by atoms with Crippen LogP contribution in [-0.2, 0) is 14.8 Å². The van der Waals surface area contributed by atoms with Gasteiger partial charge in [-0.3, -0.25) is 0 Å². The van der Waals surface area contributed by atoms with E-state index in [9.17, 15) is 8.42 Å². The Bertz CT molecular complexity index is 509. The molecule has 3 nitrogen and oxygen atoms in total. The van der Waals surface area contributed by atoms with Crippen LogP contribution in [0.2, 0.25) is 5.02 Å². The molecule has 0 spiro atoms. The molecule has 1 aromatic carbocycles. The Kier molecular flexibility index (Phi) is 4.10. The normalized spacial score (nSPS) is 11.6. The van der Waals surface area contributed by atoms with Crippen LogP contribution in [0, 0.1) is 13.8 Å². The first-order chi connectivity index (χ1) is 7.26. The monoisotopic (exact) mass is 282 g/mol. The van der Waals surface area contributed by atoms with Crippen LogP contribution in [0.15, 0.2) is 6.07 Å². The summed E-state index contributed by atoms with van der Waals surface area (Å²) in [6.45, 7) is 3.54. The highest BCUT2D eigenvalue weighted by molar-refractivity contribution is 8.13. The molecular weight excluding hydrogens is 271 g/mol. The van der Waals surface area contributed by atoms with Crippen molar-refractivity contribution in [3.8, 4) is 5.75 Å². The van der Waals surface area contributed by atoms with E-state index in [2.05, 4.69) is 0 Å². The lowest BCUT2D eigenvalue weighted by Gasteiger charge is -2.13. The van der Waals surface area contributed by atoms with Crippen LogP contribution in [0.1, 0.15) is 16.7 Å². The Morgan fingerprint density at radius 3 is 2.38 bits per heavy atom. The summed E-state index contributed by atoms with van der Waals surface area (Å²) in [5, 5.41) is 0.429. The van der Waals surface area contributed by atoms with E-state index >= 15 is 0 Å². The van der Waals surface area contributed by atoms with Gasteiger partial charge in [0, 0.05) is 10.7 Å². The summed E-state index contributed by atoms with van der Waals surface area (Å²) >= 11 is 6.07. The average molecular weight is 283 g/mol. The van der Waals surface area contributed by atoms with Crippen molar-refractivity contribution in [3.63, 3.8) is 0 Å². The molecule has 0 saturated heterocycles. The van der Waals surface area contributed by atoms with Gasteiger partial charge in [0.25, 0.3) is 0 Å². The molecule has 0 atom stereocenters. The number of rotatable bonds is 3. The maximum Gasteiger partial charge on any atom is 0.236 e. The second-order valence-corrected chi connectivity index (χ2v) is 6.66. The van der Waals surface area contributed by atoms with Gasteiger partial charge in [0.2, 0.25) is 9.05 Å². The van der Waals surface area contributed by atoms with Crippen molar-refractivity contribution >= 4 is 31.3 Å². The van der Waals surface area contributed by atoms with E-state index < -0.39 is 9.05 Å². The predicted molar refractivity (Wildman–Crippen MR) is 66.0 cm³/mol. The maximum absolute atomic E-state index is 11.0. The topological polar surface area (TPSA) is 43.4 Å². The summed E-state index contributed by atoms with van der Waals surface area (Å²) in [6, 6.07) is 1.72. The first-order valence-electron chi connectivity index (χ1n) is 4.51. The molecule has 0 radical (unpaired) electrons. The Morgan fingerprint density at radius 1 is 1.38 bits per heavy atom. The molecule has 0 unspecified atom stereocenters. The summed E-state index contributed by atoms with van der Waals surface area (Å²) < 4.78 is 27.2. The van der Waals surface area contributed by atoms with Crippen LogP contribution in [0.5, 0.6) is 5.75 Å². The van der Waals surface area contributed by atoms with Crippen LogP contribution in [0.25, 0.3) is 0 Å².